The third kappa shape index (κ3) is 7.84. The summed E-state index contributed by atoms with van der Waals surface area (Å²) in [5.74, 6) is 1.59. The molecular formula is C22H37N3O4. The Morgan fingerprint density at radius 3 is 2.72 bits per heavy atom. The molecule has 0 saturated carbocycles. The molecule has 0 aromatic heterocycles. The zero-order chi connectivity index (χ0) is 21.1. The summed E-state index contributed by atoms with van der Waals surface area (Å²) < 4.78 is 11.2. The van der Waals surface area contributed by atoms with E-state index in [9.17, 15) is 9.90 Å². The predicted octanol–water partition coefficient (Wildman–Crippen LogP) is 1.88. The smallest absolute Gasteiger partial charge is 0.222 e. The van der Waals surface area contributed by atoms with Gasteiger partial charge in [-0.2, -0.15) is 0 Å². The molecule has 1 atom stereocenters. The molecule has 1 aromatic rings. The maximum absolute atomic E-state index is 11.6. The molecule has 7 nitrogen and oxygen atoms in total. The Morgan fingerprint density at radius 1 is 1.28 bits per heavy atom. The van der Waals surface area contributed by atoms with Crippen LogP contribution in [-0.2, 0) is 11.3 Å². The number of nitrogens with zero attached hydrogens (tertiary/aromatic N) is 2. The van der Waals surface area contributed by atoms with E-state index in [1.165, 1.54) is 0 Å². The SMILES string of the molecule is CCN(CC)C[C@@H](O)COc1ccc(CNCCCN2CCCC2=O)cc1OC. The number of carbonyl (C=O) groups excluding carboxylic acids is 1. The van der Waals surface area contributed by atoms with Gasteiger partial charge >= 0.3 is 0 Å². The van der Waals surface area contributed by atoms with Crippen LogP contribution >= 0.6 is 0 Å². The van der Waals surface area contributed by atoms with Crippen LogP contribution in [-0.4, -0.2) is 79.9 Å². The van der Waals surface area contributed by atoms with Crippen LogP contribution in [0.2, 0.25) is 0 Å². The maximum atomic E-state index is 11.6. The van der Waals surface area contributed by atoms with Crippen LogP contribution in [0, 0.1) is 0 Å². The second-order valence-corrected chi connectivity index (χ2v) is 7.45. The molecule has 1 aromatic carbocycles. The van der Waals surface area contributed by atoms with Crippen molar-refractivity contribution in [2.24, 2.45) is 0 Å². The fourth-order valence-electron chi connectivity index (χ4n) is 3.53. The standard InChI is InChI=1S/C22H37N3O4/c1-4-24(5-2)16-19(26)17-29-20-10-9-18(14-21(20)28-3)15-23-11-7-13-25-12-6-8-22(25)27/h9-10,14,19,23,26H,4-8,11-13,15-17H2,1-3H3/t19-/m1/s1. The zero-order valence-corrected chi connectivity index (χ0v) is 18.2. The van der Waals surface area contributed by atoms with E-state index in [2.05, 4.69) is 24.1 Å². The fraction of sp³-hybridized carbons (Fsp3) is 0.682. The van der Waals surface area contributed by atoms with Crippen LogP contribution in [0.5, 0.6) is 11.5 Å². The van der Waals surface area contributed by atoms with Crippen molar-refractivity contribution in [2.45, 2.75) is 45.8 Å². The summed E-state index contributed by atoms with van der Waals surface area (Å²) in [6.45, 7) is 10.1. The van der Waals surface area contributed by atoms with E-state index < -0.39 is 6.10 Å². The molecule has 2 N–H and O–H groups in total. The lowest BCUT2D eigenvalue weighted by atomic mass is 10.2. The van der Waals surface area contributed by atoms with Gasteiger partial charge in [-0.05, 0) is 50.2 Å². The molecule has 29 heavy (non-hydrogen) atoms. The summed E-state index contributed by atoms with van der Waals surface area (Å²) in [5.41, 5.74) is 1.11. The van der Waals surface area contributed by atoms with Crippen molar-refractivity contribution >= 4 is 5.91 Å². The lowest BCUT2D eigenvalue weighted by Crippen LogP contribution is -2.35. The normalized spacial score (nSPS) is 15.2. The van der Waals surface area contributed by atoms with E-state index >= 15 is 0 Å². The van der Waals surface area contributed by atoms with Gasteiger partial charge in [-0.15, -0.1) is 0 Å². The Kier molecular flexibility index (Phi) is 10.2. The Balaban J connectivity index is 1.73. The number of hydrogen-bond acceptors (Lipinski definition) is 6. The summed E-state index contributed by atoms with van der Waals surface area (Å²) in [7, 11) is 1.62. The van der Waals surface area contributed by atoms with Crippen LogP contribution in [0.1, 0.15) is 38.7 Å². The maximum Gasteiger partial charge on any atom is 0.222 e. The number of carbonyl (C=O) groups is 1. The number of aliphatic hydroxyl groups is 1. The zero-order valence-electron chi connectivity index (χ0n) is 18.2. The van der Waals surface area contributed by atoms with Crippen LogP contribution in [0.3, 0.4) is 0 Å². The Labute approximate surface area is 175 Å². The highest BCUT2D eigenvalue weighted by atomic mass is 16.5. The summed E-state index contributed by atoms with van der Waals surface area (Å²) >= 11 is 0. The Morgan fingerprint density at radius 2 is 2.07 bits per heavy atom. The van der Waals surface area contributed by atoms with Gasteiger partial charge in [0.1, 0.15) is 12.7 Å². The van der Waals surface area contributed by atoms with Gasteiger partial charge < -0.3 is 29.7 Å². The van der Waals surface area contributed by atoms with E-state index in [1.807, 2.05) is 23.1 Å². The van der Waals surface area contributed by atoms with E-state index in [1.54, 1.807) is 7.11 Å². The first-order valence-electron chi connectivity index (χ1n) is 10.8. The molecule has 1 saturated heterocycles. The summed E-state index contributed by atoms with van der Waals surface area (Å²) in [6, 6.07) is 5.86. The van der Waals surface area contributed by atoms with Gasteiger partial charge in [-0.3, -0.25) is 4.79 Å². The van der Waals surface area contributed by atoms with E-state index in [0.717, 1.165) is 57.7 Å². The number of likely N-dealkylation sites (tertiary alicyclic amines) is 1. The number of benzene rings is 1. The molecule has 0 spiro atoms. The second kappa shape index (κ2) is 12.7. The molecule has 164 valence electrons. The molecule has 1 aliphatic heterocycles. The number of hydrogen-bond donors (Lipinski definition) is 2. The van der Waals surface area contributed by atoms with Crippen LogP contribution in [0.15, 0.2) is 18.2 Å². The molecule has 0 aliphatic carbocycles. The van der Waals surface area contributed by atoms with Crippen molar-refractivity contribution in [1.82, 2.24) is 15.1 Å². The molecule has 0 bridgehead atoms. The van der Waals surface area contributed by atoms with Gasteiger partial charge in [-0.1, -0.05) is 19.9 Å². The molecular weight excluding hydrogens is 370 g/mol. The van der Waals surface area contributed by atoms with Crippen molar-refractivity contribution in [3.05, 3.63) is 23.8 Å². The van der Waals surface area contributed by atoms with Gasteiger partial charge in [0.2, 0.25) is 5.91 Å². The van der Waals surface area contributed by atoms with Gasteiger partial charge in [0, 0.05) is 32.6 Å². The number of methoxy groups -OCH3 is 1. The van der Waals surface area contributed by atoms with E-state index in [4.69, 9.17) is 9.47 Å². The molecule has 1 amide bonds. The number of ether oxygens (including phenoxy) is 2. The molecule has 2 rings (SSSR count). The van der Waals surface area contributed by atoms with Crippen molar-refractivity contribution in [1.29, 1.82) is 0 Å². The average Bonchev–Trinajstić information content (AvgIpc) is 3.15. The molecule has 0 radical (unpaired) electrons. The van der Waals surface area contributed by atoms with Crippen LogP contribution in [0.25, 0.3) is 0 Å². The lowest BCUT2D eigenvalue weighted by molar-refractivity contribution is -0.127. The molecule has 7 heteroatoms. The minimum absolute atomic E-state index is 0.236. The quantitative estimate of drug-likeness (QED) is 0.459. The number of amides is 1. The third-order valence-electron chi connectivity index (χ3n) is 5.30. The van der Waals surface area contributed by atoms with Crippen molar-refractivity contribution < 1.29 is 19.4 Å². The van der Waals surface area contributed by atoms with Gasteiger partial charge in [0.15, 0.2) is 11.5 Å². The highest BCUT2D eigenvalue weighted by molar-refractivity contribution is 5.77. The second-order valence-electron chi connectivity index (χ2n) is 7.45. The van der Waals surface area contributed by atoms with E-state index in [-0.39, 0.29) is 12.5 Å². The third-order valence-corrected chi connectivity index (χ3v) is 5.30. The Hall–Kier alpha value is -1.83. The highest BCUT2D eigenvalue weighted by Crippen LogP contribution is 2.28. The number of likely N-dealkylation sites (N-methyl/N-ethyl adjacent to an activating group) is 1. The van der Waals surface area contributed by atoms with Gasteiger partial charge in [0.25, 0.3) is 0 Å². The average molecular weight is 408 g/mol. The minimum atomic E-state index is -0.538. The largest absolute Gasteiger partial charge is 0.493 e. The first-order chi connectivity index (χ1) is 14.1. The topological polar surface area (TPSA) is 74.3 Å². The summed E-state index contributed by atoms with van der Waals surface area (Å²) in [5, 5.41) is 13.6. The summed E-state index contributed by atoms with van der Waals surface area (Å²) in [4.78, 5) is 15.7. The van der Waals surface area contributed by atoms with Crippen molar-refractivity contribution in [3.63, 3.8) is 0 Å². The highest BCUT2D eigenvalue weighted by Gasteiger charge is 2.18. The lowest BCUT2D eigenvalue weighted by Gasteiger charge is -2.22. The first kappa shape index (κ1) is 23.4. The van der Waals surface area contributed by atoms with E-state index in [0.29, 0.717) is 24.5 Å². The Bertz CT molecular complexity index is 622. The molecule has 1 fully saturated rings. The predicted molar refractivity (Wildman–Crippen MR) is 114 cm³/mol. The number of nitrogens with one attached hydrogen (secondary N) is 1. The van der Waals surface area contributed by atoms with Crippen molar-refractivity contribution in [3.8, 4) is 11.5 Å². The van der Waals surface area contributed by atoms with Crippen molar-refractivity contribution in [2.75, 3.05) is 53.0 Å². The fourth-order valence-corrected chi connectivity index (χ4v) is 3.53. The van der Waals surface area contributed by atoms with Crippen LogP contribution in [0.4, 0.5) is 0 Å². The molecule has 1 heterocycles. The van der Waals surface area contributed by atoms with Crippen LogP contribution < -0.4 is 14.8 Å². The number of rotatable bonds is 14. The van der Waals surface area contributed by atoms with Gasteiger partial charge in [0.05, 0.1) is 7.11 Å². The minimum Gasteiger partial charge on any atom is -0.493 e. The van der Waals surface area contributed by atoms with Gasteiger partial charge in [-0.25, -0.2) is 0 Å². The summed E-state index contributed by atoms with van der Waals surface area (Å²) in [6.07, 6.45) is 2.11. The first-order valence-corrected chi connectivity index (χ1v) is 10.8. The molecule has 1 aliphatic rings. The molecule has 0 unspecified atom stereocenters. The monoisotopic (exact) mass is 407 g/mol. The number of aliphatic hydroxyl groups excluding tert-OH is 1.